The number of aromatic nitrogens is 2. The van der Waals surface area contributed by atoms with Gasteiger partial charge in [-0.2, -0.15) is 4.98 Å². The monoisotopic (exact) mass is 356 g/mol. The molecule has 6 nitrogen and oxygen atoms in total. The van der Waals surface area contributed by atoms with Crippen molar-refractivity contribution < 1.29 is 9.32 Å². The first-order valence-electron chi connectivity index (χ1n) is 9.37. The molecule has 1 aliphatic heterocycles. The summed E-state index contributed by atoms with van der Waals surface area (Å²) < 4.78 is 5.48. The number of rotatable bonds is 5. The van der Waals surface area contributed by atoms with Crippen molar-refractivity contribution in [1.82, 2.24) is 20.4 Å². The van der Waals surface area contributed by atoms with E-state index in [1.807, 2.05) is 31.7 Å². The Morgan fingerprint density at radius 3 is 2.77 bits per heavy atom. The fourth-order valence-electron chi connectivity index (χ4n) is 3.26. The van der Waals surface area contributed by atoms with Gasteiger partial charge in [0.25, 0.3) is 0 Å². The Labute approximate surface area is 155 Å². The van der Waals surface area contributed by atoms with E-state index in [-0.39, 0.29) is 17.6 Å². The number of amides is 2. The number of hydrogen-bond donors (Lipinski definition) is 1. The molecule has 0 bridgehead atoms. The Morgan fingerprint density at radius 2 is 2.04 bits per heavy atom. The first-order chi connectivity index (χ1) is 12.4. The molecule has 2 aromatic rings. The van der Waals surface area contributed by atoms with E-state index in [1.165, 1.54) is 5.56 Å². The molecular weight excluding hydrogens is 328 g/mol. The van der Waals surface area contributed by atoms with Crippen LogP contribution in [0.1, 0.15) is 63.4 Å². The summed E-state index contributed by atoms with van der Waals surface area (Å²) in [4.78, 5) is 18.9. The Morgan fingerprint density at radius 1 is 1.27 bits per heavy atom. The average Bonchev–Trinajstić information content (AvgIpc) is 3.23. The van der Waals surface area contributed by atoms with E-state index >= 15 is 0 Å². The third kappa shape index (κ3) is 4.84. The van der Waals surface area contributed by atoms with Crippen LogP contribution in [0.3, 0.4) is 0 Å². The van der Waals surface area contributed by atoms with Crippen LogP contribution >= 0.6 is 0 Å². The van der Waals surface area contributed by atoms with Crippen molar-refractivity contribution in [2.45, 2.75) is 64.5 Å². The van der Waals surface area contributed by atoms with E-state index in [0.717, 1.165) is 44.5 Å². The molecule has 1 aromatic heterocycles. The molecule has 1 aliphatic rings. The summed E-state index contributed by atoms with van der Waals surface area (Å²) in [6.07, 6.45) is 4.56. The van der Waals surface area contributed by atoms with Gasteiger partial charge in [0.1, 0.15) is 6.04 Å². The number of nitrogens with zero attached hydrogens (tertiary/aromatic N) is 3. The molecule has 0 saturated carbocycles. The van der Waals surface area contributed by atoms with E-state index in [2.05, 4.69) is 39.7 Å². The predicted octanol–water partition coefficient (Wildman–Crippen LogP) is 3.89. The van der Waals surface area contributed by atoms with Gasteiger partial charge in [0.2, 0.25) is 5.89 Å². The Balaban J connectivity index is 1.57. The van der Waals surface area contributed by atoms with Crippen molar-refractivity contribution in [3.63, 3.8) is 0 Å². The van der Waals surface area contributed by atoms with Crippen molar-refractivity contribution >= 4 is 6.03 Å². The molecule has 3 rings (SSSR count). The molecule has 1 atom stereocenters. The molecule has 2 amide bonds. The molecule has 1 N–H and O–H groups in total. The van der Waals surface area contributed by atoms with Crippen LogP contribution in [0.2, 0.25) is 0 Å². The van der Waals surface area contributed by atoms with Crippen LogP contribution in [0.5, 0.6) is 0 Å². The van der Waals surface area contributed by atoms with Gasteiger partial charge in [-0.25, -0.2) is 4.79 Å². The summed E-state index contributed by atoms with van der Waals surface area (Å²) in [5.74, 6) is 1.28. The van der Waals surface area contributed by atoms with Gasteiger partial charge < -0.3 is 14.7 Å². The lowest BCUT2D eigenvalue weighted by Crippen LogP contribution is -2.48. The largest absolute Gasteiger partial charge is 0.337 e. The third-order valence-electron chi connectivity index (χ3n) is 4.47. The Bertz CT molecular complexity index is 721. The molecule has 0 radical (unpaired) electrons. The van der Waals surface area contributed by atoms with Crippen LogP contribution < -0.4 is 5.32 Å². The van der Waals surface area contributed by atoms with Crippen LogP contribution in [0.25, 0.3) is 0 Å². The lowest BCUT2D eigenvalue weighted by molar-refractivity contribution is 0.172. The lowest BCUT2D eigenvalue weighted by Gasteiger charge is -2.28. The van der Waals surface area contributed by atoms with Crippen molar-refractivity contribution in [2.75, 3.05) is 6.54 Å². The zero-order valence-electron chi connectivity index (χ0n) is 15.9. The molecule has 6 heteroatoms. The molecule has 0 spiro atoms. The number of hydrogen-bond acceptors (Lipinski definition) is 4. The molecular formula is C20H28N4O2. The van der Waals surface area contributed by atoms with Gasteiger partial charge in [-0.3, -0.25) is 0 Å². The summed E-state index contributed by atoms with van der Waals surface area (Å²) >= 11 is 0. The highest BCUT2D eigenvalue weighted by atomic mass is 16.5. The second-order valence-corrected chi connectivity index (χ2v) is 7.92. The lowest BCUT2D eigenvalue weighted by atomic mass is 10.1. The first-order valence-corrected chi connectivity index (χ1v) is 9.37. The second-order valence-electron chi connectivity index (χ2n) is 7.92. The molecule has 2 heterocycles. The molecule has 26 heavy (non-hydrogen) atoms. The van der Waals surface area contributed by atoms with E-state index in [9.17, 15) is 4.79 Å². The number of carbonyl (C=O) groups is 1. The zero-order chi connectivity index (χ0) is 18.6. The van der Waals surface area contributed by atoms with Gasteiger partial charge in [-0.05, 0) is 52.0 Å². The highest BCUT2D eigenvalue weighted by molar-refractivity contribution is 5.75. The van der Waals surface area contributed by atoms with E-state index in [0.29, 0.717) is 5.89 Å². The zero-order valence-corrected chi connectivity index (χ0v) is 15.9. The van der Waals surface area contributed by atoms with Gasteiger partial charge >= 0.3 is 6.03 Å². The van der Waals surface area contributed by atoms with Gasteiger partial charge in [-0.1, -0.05) is 35.5 Å². The van der Waals surface area contributed by atoms with Crippen LogP contribution in [0, 0.1) is 0 Å². The SMILES string of the molecule is CC(C)(C)NC(=O)N1CCCC1c1nc(CCCc2ccccc2)no1. The smallest absolute Gasteiger partial charge is 0.318 e. The Kier molecular flexibility index (Phi) is 5.59. The minimum Gasteiger partial charge on any atom is -0.337 e. The molecule has 1 fully saturated rings. The number of carbonyl (C=O) groups excluding carboxylic acids is 1. The maximum Gasteiger partial charge on any atom is 0.318 e. The van der Waals surface area contributed by atoms with Gasteiger partial charge in [0, 0.05) is 18.5 Å². The average molecular weight is 356 g/mol. The highest BCUT2D eigenvalue weighted by Gasteiger charge is 2.35. The Hall–Kier alpha value is -2.37. The second kappa shape index (κ2) is 7.89. The molecule has 140 valence electrons. The number of aryl methyl sites for hydroxylation is 2. The molecule has 0 aliphatic carbocycles. The summed E-state index contributed by atoms with van der Waals surface area (Å²) in [6.45, 7) is 6.66. The fraction of sp³-hybridized carbons (Fsp3) is 0.550. The molecule has 1 aromatic carbocycles. The summed E-state index contributed by atoms with van der Waals surface area (Å²) in [6, 6.07) is 10.2. The number of benzene rings is 1. The van der Waals surface area contributed by atoms with Gasteiger partial charge in [0.05, 0.1) is 0 Å². The van der Waals surface area contributed by atoms with Crippen molar-refractivity contribution in [2.24, 2.45) is 0 Å². The third-order valence-corrected chi connectivity index (χ3v) is 4.47. The van der Waals surface area contributed by atoms with Crippen LogP contribution in [-0.2, 0) is 12.8 Å². The molecule has 1 unspecified atom stereocenters. The normalized spacial score (nSPS) is 17.5. The quantitative estimate of drug-likeness (QED) is 0.882. The first kappa shape index (κ1) is 18.4. The minimum absolute atomic E-state index is 0.0659. The number of urea groups is 1. The van der Waals surface area contributed by atoms with Crippen LogP contribution in [0.4, 0.5) is 4.79 Å². The maximum absolute atomic E-state index is 12.5. The maximum atomic E-state index is 12.5. The van der Waals surface area contributed by atoms with Crippen molar-refractivity contribution in [1.29, 1.82) is 0 Å². The predicted molar refractivity (Wildman–Crippen MR) is 99.7 cm³/mol. The summed E-state index contributed by atoms with van der Waals surface area (Å²) in [7, 11) is 0. The van der Waals surface area contributed by atoms with Crippen molar-refractivity contribution in [3.8, 4) is 0 Å². The fourth-order valence-corrected chi connectivity index (χ4v) is 3.26. The topological polar surface area (TPSA) is 71.3 Å². The highest BCUT2D eigenvalue weighted by Crippen LogP contribution is 2.31. The van der Waals surface area contributed by atoms with Gasteiger partial charge in [0.15, 0.2) is 5.82 Å². The molecule has 1 saturated heterocycles. The van der Waals surface area contributed by atoms with Crippen molar-refractivity contribution in [3.05, 3.63) is 47.6 Å². The van der Waals surface area contributed by atoms with E-state index in [4.69, 9.17) is 4.52 Å². The standard InChI is InChI=1S/C20H28N4O2/c1-20(2,3)22-19(25)24-14-8-12-16(24)18-21-17(23-26-18)13-7-11-15-9-5-4-6-10-15/h4-6,9-10,16H,7-8,11-14H2,1-3H3,(H,22,25). The van der Waals surface area contributed by atoms with E-state index < -0.39 is 0 Å². The number of likely N-dealkylation sites (tertiary alicyclic amines) is 1. The van der Waals surface area contributed by atoms with Crippen LogP contribution in [0.15, 0.2) is 34.9 Å². The van der Waals surface area contributed by atoms with Gasteiger partial charge in [-0.15, -0.1) is 0 Å². The summed E-state index contributed by atoms with van der Waals surface area (Å²) in [5.41, 5.74) is 1.05. The minimum atomic E-state index is -0.262. The van der Waals surface area contributed by atoms with E-state index in [1.54, 1.807) is 0 Å². The summed E-state index contributed by atoms with van der Waals surface area (Å²) in [5, 5.41) is 7.13. The number of nitrogens with one attached hydrogen (secondary N) is 1. The van der Waals surface area contributed by atoms with Crippen LogP contribution in [-0.4, -0.2) is 33.2 Å².